The van der Waals surface area contributed by atoms with E-state index in [1.807, 2.05) is 6.08 Å². The van der Waals surface area contributed by atoms with Gasteiger partial charge in [0.25, 0.3) is 0 Å². The van der Waals surface area contributed by atoms with Gasteiger partial charge in [0.05, 0.1) is 6.61 Å². The number of hydroxylamine groups is 1. The minimum atomic E-state index is 0.0225. The van der Waals surface area contributed by atoms with Crippen LogP contribution in [0.15, 0.2) is 79.4 Å². The van der Waals surface area contributed by atoms with Gasteiger partial charge in [-0.05, 0) is 50.5 Å². The highest BCUT2D eigenvalue weighted by Gasteiger charge is 2.41. The summed E-state index contributed by atoms with van der Waals surface area (Å²) in [5.41, 5.74) is 8.08. The van der Waals surface area contributed by atoms with Gasteiger partial charge in [-0.2, -0.15) is 5.48 Å². The monoisotopic (exact) mass is 408 g/mol. The smallest absolute Gasteiger partial charge is 0.0769 e. The molecule has 164 valence electrons. The first-order chi connectivity index (χ1) is 14.4. The third-order valence-corrected chi connectivity index (χ3v) is 6.37. The van der Waals surface area contributed by atoms with E-state index in [0.29, 0.717) is 12.5 Å². The number of allylic oxidation sites excluding steroid dienone is 4. The lowest BCUT2D eigenvalue weighted by atomic mass is 9.76. The van der Waals surface area contributed by atoms with Gasteiger partial charge in [-0.25, -0.2) is 0 Å². The molecule has 3 atom stereocenters. The average Bonchev–Trinajstić information content (AvgIpc) is 3.10. The Hall–Kier alpha value is -1.94. The molecule has 1 fully saturated rings. The predicted octanol–water partition coefficient (Wildman–Crippen LogP) is 6.09. The summed E-state index contributed by atoms with van der Waals surface area (Å²) in [5.74, 6) is 0.474. The van der Waals surface area contributed by atoms with Crippen LogP contribution in [0.2, 0.25) is 0 Å². The second kappa shape index (κ2) is 12.0. The van der Waals surface area contributed by atoms with Gasteiger partial charge in [-0.1, -0.05) is 79.8 Å². The zero-order valence-electron chi connectivity index (χ0n) is 19.0. The summed E-state index contributed by atoms with van der Waals surface area (Å²) in [6.07, 6.45) is 6.64. The number of hydrogen-bond donors (Lipinski definition) is 2. The highest BCUT2D eigenvalue weighted by molar-refractivity contribution is 5.26. The van der Waals surface area contributed by atoms with Crippen molar-refractivity contribution in [2.45, 2.75) is 57.9 Å². The van der Waals surface area contributed by atoms with E-state index < -0.39 is 0 Å². The molecule has 3 heteroatoms. The van der Waals surface area contributed by atoms with Crippen molar-refractivity contribution in [3.8, 4) is 0 Å². The highest BCUT2D eigenvalue weighted by atomic mass is 16.7. The first-order valence-electron chi connectivity index (χ1n) is 11.1. The van der Waals surface area contributed by atoms with Gasteiger partial charge >= 0.3 is 0 Å². The van der Waals surface area contributed by atoms with Gasteiger partial charge in [0.2, 0.25) is 0 Å². The van der Waals surface area contributed by atoms with Crippen molar-refractivity contribution in [2.75, 3.05) is 19.7 Å². The average molecular weight is 409 g/mol. The molecule has 1 aliphatic rings. The van der Waals surface area contributed by atoms with Crippen LogP contribution < -0.4 is 10.8 Å². The zero-order chi connectivity index (χ0) is 22.0. The van der Waals surface area contributed by atoms with Crippen molar-refractivity contribution < 1.29 is 4.84 Å². The van der Waals surface area contributed by atoms with Gasteiger partial charge in [-0.15, -0.1) is 6.58 Å². The molecule has 0 aliphatic carbocycles. The molecule has 0 amide bonds. The van der Waals surface area contributed by atoms with Gasteiger partial charge in [0.1, 0.15) is 0 Å². The van der Waals surface area contributed by atoms with Crippen molar-refractivity contribution >= 4 is 0 Å². The van der Waals surface area contributed by atoms with Crippen molar-refractivity contribution in [1.29, 1.82) is 0 Å². The molecule has 30 heavy (non-hydrogen) atoms. The molecule has 1 aromatic carbocycles. The lowest BCUT2D eigenvalue weighted by Crippen LogP contribution is -2.45. The Morgan fingerprint density at radius 1 is 1.20 bits per heavy atom. The molecule has 1 aromatic rings. The Kier molecular flexibility index (Phi) is 9.77. The Bertz CT molecular complexity index is 724. The van der Waals surface area contributed by atoms with Crippen LogP contribution in [0.5, 0.6) is 0 Å². The van der Waals surface area contributed by atoms with Crippen LogP contribution >= 0.6 is 0 Å². The summed E-state index contributed by atoms with van der Waals surface area (Å²) < 4.78 is 0. The first kappa shape index (κ1) is 24.3. The Labute approximate surface area is 183 Å². The minimum absolute atomic E-state index is 0.0225. The lowest BCUT2D eigenvalue weighted by Gasteiger charge is -2.33. The summed E-state index contributed by atoms with van der Waals surface area (Å²) in [7, 11) is 0. The Balaban J connectivity index is 1.85. The lowest BCUT2D eigenvalue weighted by molar-refractivity contribution is 0.0802. The maximum atomic E-state index is 5.65. The molecule has 2 N–H and O–H groups in total. The second-order valence-corrected chi connectivity index (χ2v) is 8.89. The molecule has 2 rings (SSSR count). The molecule has 0 aromatic heterocycles. The van der Waals surface area contributed by atoms with Crippen LogP contribution in [-0.4, -0.2) is 25.7 Å². The summed E-state index contributed by atoms with van der Waals surface area (Å²) >= 11 is 0. The van der Waals surface area contributed by atoms with E-state index in [1.165, 1.54) is 11.1 Å². The second-order valence-electron chi connectivity index (χ2n) is 8.89. The summed E-state index contributed by atoms with van der Waals surface area (Å²) in [5, 5.41) is 3.71. The van der Waals surface area contributed by atoms with Crippen LogP contribution in [0.25, 0.3) is 0 Å². The van der Waals surface area contributed by atoms with Crippen LogP contribution in [0, 0.1) is 5.41 Å². The van der Waals surface area contributed by atoms with Gasteiger partial charge in [0.15, 0.2) is 0 Å². The van der Waals surface area contributed by atoms with Crippen molar-refractivity contribution in [3.05, 3.63) is 85.0 Å². The van der Waals surface area contributed by atoms with Crippen molar-refractivity contribution in [1.82, 2.24) is 10.8 Å². The SMILES string of the molecule is C=CCCC(=C)C(=C)CCC(=C)CC1(CNCC(C)c2ccccc2)CONC1C. The number of nitrogens with one attached hydrogen (secondary N) is 2. The predicted molar refractivity (Wildman–Crippen MR) is 129 cm³/mol. The van der Waals surface area contributed by atoms with Gasteiger partial charge in [-0.3, -0.25) is 0 Å². The minimum Gasteiger partial charge on any atom is -0.315 e. The quantitative estimate of drug-likeness (QED) is 0.288. The molecule has 1 saturated heterocycles. The normalized spacial score (nSPS) is 21.9. The molecule has 1 heterocycles. The highest BCUT2D eigenvalue weighted by Crippen LogP contribution is 2.35. The standard InChI is InChI=1S/C27H40N2O/c1-7-8-12-22(3)23(4)16-15-21(2)17-27(20-30-29-25(27)6)19-28-18-24(5)26-13-10-9-11-14-26/h7,9-11,13-14,24-25,28-29H,1-4,8,12,15-20H2,5-6H3. The molecular weight excluding hydrogens is 368 g/mol. The largest absolute Gasteiger partial charge is 0.315 e. The van der Waals surface area contributed by atoms with E-state index in [9.17, 15) is 0 Å². The third-order valence-electron chi connectivity index (χ3n) is 6.37. The number of benzene rings is 1. The van der Waals surface area contributed by atoms with Crippen molar-refractivity contribution in [2.24, 2.45) is 5.41 Å². The molecule has 1 aliphatic heterocycles. The third kappa shape index (κ3) is 7.09. The fraction of sp³-hybridized carbons (Fsp3) is 0.481. The molecular formula is C27H40N2O. The molecule has 0 spiro atoms. The van der Waals surface area contributed by atoms with Gasteiger partial charge in [0, 0.05) is 24.5 Å². The van der Waals surface area contributed by atoms with E-state index >= 15 is 0 Å². The molecule has 0 radical (unpaired) electrons. The summed E-state index contributed by atoms with van der Waals surface area (Å²) in [4.78, 5) is 5.65. The Morgan fingerprint density at radius 3 is 2.53 bits per heavy atom. The van der Waals surface area contributed by atoms with Crippen LogP contribution in [-0.2, 0) is 4.84 Å². The fourth-order valence-corrected chi connectivity index (χ4v) is 4.01. The summed E-state index contributed by atoms with van der Waals surface area (Å²) in [6, 6.07) is 10.9. The van der Waals surface area contributed by atoms with Crippen molar-refractivity contribution in [3.63, 3.8) is 0 Å². The molecule has 3 unspecified atom stereocenters. The van der Waals surface area contributed by atoms with E-state index in [0.717, 1.165) is 56.3 Å². The molecule has 3 nitrogen and oxygen atoms in total. The van der Waals surface area contributed by atoms with E-state index in [-0.39, 0.29) is 11.5 Å². The Morgan fingerprint density at radius 2 is 1.90 bits per heavy atom. The molecule has 0 bridgehead atoms. The zero-order valence-corrected chi connectivity index (χ0v) is 19.0. The van der Waals surface area contributed by atoms with E-state index in [4.69, 9.17) is 4.84 Å². The fourth-order valence-electron chi connectivity index (χ4n) is 4.01. The van der Waals surface area contributed by atoms with Gasteiger partial charge < -0.3 is 10.2 Å². The maximum Gasteiger partial charge on any atom is 0.0769 e. The maximum absolute atomic E-state index is 5.65. The first-order valence-corrected chi connectivity index (χ1v) is 11.1. The summed E-state index contributed by atoms with van der Waals surface area (Å²) in [6.45, 7) is 23.6. The number of hydrogen-bond acceptors (Lipinski definition) is 3. The van der Waals surface area contributed by atoms with E-state index in [2.05, 4.69) is 81.3 Å². The van der Waals surface area contributed by atoms with Crippen LogP contribution in [0.1, 0.15) is 57.4 Å². The van der Waals surface area contributed by atoms with E-state index in [1.54, 1.807) is 0 Å². The molecule has 0 saturated carbocycles. The topological polar surface area (TPSA) is 33.3 Å². The van der Waals surface area contributed by atoms with Crippen LogP contribution in [0.4, 0.5) is 0 Å². The number of rotatable bonds is 14. The van der Waals surface area contributed by atoms with Crippen LogP contribution in [0.3, 0.4) is 0 Å².